The van der Waals surface area contributed by atoms with Gasteiger partial charge in [-0.3, -0.25) is 0 Å². The van der Waals surface area contributed by atoms with Crippen LogP contribution < -0.4 is 0 Å². The zero-order valence-electron chi connectivity index (χ0n) is 12.1. The van der Waals surface area contributed by atoms with E-state index in [1.807, 2.05) is 0 Å². The molecule has 0 heterocycles. The minimum atomic E-state index is 0.732. The van der Waals surface area contributed by atoms with Crippen LogP contribution >= 0.6 is 0 Å². The third kappa shape index (κ3) is 3.06. The van der Waals surface area contributed by atoms with Crippen molar-refractivity contribution in [1.29, 1.82) is 0 Å². The summed E-state index contributed by atoms with van der Waals surface area (Å²) in [7, 11) is 0. The Morgan fingerprint density at radius 2 is 1.18 bits per heavy atom. The van der Waals surface area contributed by atoms with Gasteiger partial charge < -0.3 is 0 Å². The lowest BCUT2D eigenvalue weighted by Gasteiger charge is -2.48. The molecule has 0 spiro atoms. The molecule has 2 saturated carbocycles. The fourth-order valence-corrected chi connectivity index (χ4v) is 4.70. The molecule has 2 aliphatic carbocycles. The Morgan fingerprint density at radius 1 is 0.706 bits per heavy atom. The number of hydrogen-bond donors (Lipinski definition) is 0. The van der Waals surface area contributed by atoms with E-state index in [9.17, 15) is 0 Å². The molecule has 0 amide bonds. The number of hydrogen-bond acceptors (Lipinski definition) is 0. The predicted molar refractivity (Wildman–Crippen MR) is 76.2 cm³/mol. The summed E-state index contributed by atoms with van der Waals surface area (Å²) in [5.41, 5.74) is 0.732. The van der Waals surface area contributed by atoms with Gasteiger partial charge in [-0.25, -0.2) is 0 Å². The van der Waals surface area contributed by atoms with Gasteiger partial charge in [0.2, 0.25) is 0 Å². The molecule has 0 nitrogen and oxygen atoms in total. The molecule has 0 heteroatoms. The minimum Gasteiger partial charge on any atom is -0.0622 e. The van der Waals surface area contributed by atoms with Crippen LogP contribution in [0.15, 0.2) is 0 Å². The maximum absolute atomic E-state index is 2.50. The largest absolute Gasteiger partial charge is 0.0622 e. The minimum absolute atomic E-state index is 0.732. The Kier molecular flexibility index (Phi) is 4.94. The summed E-state index contributed by atoms with van der Waals surface area (Å²) in [6, 6.07) is 0. The molecular formula is C17H32. The van der Waals surface area contributed by atoms with Gasteiger partial charge in [-0.05, 0) is 42.9 Å². The Bertz CT molecular complexity index is 202. The van der Waals surface area contributed by atoms with Crippen LogP contribution in [0.4, 0.5) is 0 Å². The molecule has 0 radical (unpaired) electrons. The summed E-state index contributed by atoms with van der Waals surface area (Å²) in [6.07, 6.45) is 18.2. The molecule has 2 fully saturated rings. The molecule has 0 bridgehead atoms. The van der Waals surface area contributed by atoms with E-state index in [1.165, 1.54) is 77.0 Å². The Hall–Kier alpha value is 0. The van der Waals surface area contributed by atoms with Gasteiger partial charge in [-0.1, -0.05) is 65.2 Å². The van der Waals surface area contributed by atoms with Crippen LogP contribution in [0.3, 0.4) is 0 Å². The van der Waals surface area contributed by atoms with Gasteiger partial charge >= 0.3 is 0 Å². The molecule has 100 valence electrons. The van der Waals surface area contributed by atoms with E-state index in [1.54, 1.807) is 0 Å². The van der Waals surface area contributed by atoms with Gasteiger partial charge in [0.1, 0.15) is 0 Å². The highest BCUT2D eigenvalue weighted by atomic mass is 14.5. The second kappa shape index (κ2) is 6.25. The van der Waals surface area contributed by atoms with Gasteiger partial charge in [-0.15, -0.1) is 0 Å². The monoisotopic (exact) mass is 236 g/mol. The van der Waals surface area contributed by atoms with E-state index in [0.717, 1.165) is 17.3 Å². The third-order valence-electron chi connectivity index (χ3n) is 5.85. The predicted octanol–water partition coefficient (Wildman–Crippen LogP) is 5.95. The standard InChI is InChI=1S/C17H32/c1-15(2)17(13-9-6-10-14-17)16-11-7-4-3-5-8-12-16/h15-16H,3-14H2,1-2H3. The molecule has 2 rings (SSSR count). The Labute approximate surface area is 109 Å². The third-order valence-corrected chi connectivity index (χ3v) is 5.85. The average Bonchev–Trinajstić information content (AvgIpc) is 2.29. The van der Waals surface area contributed by atoms with Gasteiger partial charge in [0, 0.05) is 0 Å². The molecular weight excluding hydrogens is 204 g/mol. The molecule has 0 aromatic heterocycles. The van der Waals surface area contributed by atoms with Crippen LogP contribution in [-0.4, -0.2) is 0 Å². The lowest BCUT2D eigenvalue weighted by atomic mass is 9.57. The summed E-state index contributed by atoms with van der Waals surface area (Å²) in [5, 5.41) is 0. The van der Waals surface area contributed by atoms with Gasteiger partial charge in [0.05, 0.1) is 0 Å². The molecule has 0 aliphatic heterocycles. The first-order valence-electron chi connectivity index (χ1n) is 8.26. The van der Waals surface area contributed by atoms with E-state index in [4.69, 9.17) is 0 Å². The maximum atomic E-state index is 2.50. The first-order chi connectivity index (χ1) is 8.26. The van der Waals surface area contributed by atoms with Crippen molar-refractivity contribution in [2.75, 3.05) is 0 Å². The van der Waals surface area contributed by atoms with Crippen molar-refractivity contribution in [2.45, 2.75) is 90.9 Å². The smallest absolute Gasteiger partial charge is 0.0246 e. The van der Waals surface area contributed by atoms with E-state index < -0.39 is 0 Å². The van der Waals surface area contributed by atoms with E-state index >= 15 is 0 Å². The molecule has 2 aliphatic rings. The molecule has 17 heavy (non-hydrogen) atoms. The second-order valence-electron chi connectivity index (χ2n) is 6.99. The van der Waals surface area contributed by atoms with Gasteiger partial charge in [0.25, 0.3) is 0 Å². The van der Waals surface area contributed by atoms with Crippen molar-refractivity contribution in [3.05, 3.63) is 0 Å². The fraction of sp³-hybridized carbons (Fsp3) is 1.00. The van der Waals surface area contributed by atoms with Crippen molar-refractivity contribution >= 4 is 0 Å². The molecule has 0 aromatic carbocycles. The van der Waals surface area contributed by atoms with Crippen molar-refractivity contribution in [1.82, 2.24) is 0 Å². The highest BCUT2D eigenvalue weighted by Gasteiger charge is 2.41. The van der Waals surface area contributed by atoms with Crippen molar-refractivity contribution in [3.8, 4) is 0 Å². The second-order valence-corrected chi connectivity index (χ2v) is 6.99. The number of rotatable bonds is 2. The fourth-order valence-electron chi connectivity index (χ4n) is 4.70. The van der Waals surface area contributed by atoms with Crippen molar-refractivity contribution < 1.29 is 0 Å². The molecule has 0 N–H and O–H groups in total. The van der Waals surface area contributed by atoms with Crippen molar-refractivity contribution in [2.24, 2.45) is 17.3 Å². The normalized spacial score (nSPS) is 27.7. The Morgan fingerprint density at radius 3 is 1.71 bits per heavy atom. The summed E-state index contributed by atoms with van der Waals surface area (Å²) < 4.78 is 0. The van der Waals surface area contributed by atoms with Crippen LogP contribution in [0.1, 0.15) is 90.9 Å². The van der Waals surface area contributed by atoms with Gasteiger partial charge in [-0.2, -0.15) is 0 Å². The first-order valence-corrected chi connectivity index (χ1v) is 8.26. The van der Waals surface area contributed by atoms with E-state index in [0.29, 0.717) is 0 Å². The summed E-state index contributed by atoms with van der Waals surface area (Å²) in [5.74, 6) is 1.97. The average molecular weight is 236 g/mol. The molecule has 0 unspecified atom stereocenters. The molecule has 0 atom stereocenters. The van der Waals surface area contributed by atoms with Crippen LogP contribution in [-0.2, 0) is 0 Å². The van der Waals surface area contributed by atoms with E-state index in [2.05, 4.69) is 13.8 Å². The van der Waals surface area contributed by atoms with Crippen LogP contribution in [0.2, 0.25) is 0 Å². The summed E-state index contributed by atoms with van der Waals surface area (Å²) >= 11 is 0. The quantitative estimate of drug-likeness (QED) is 0.555. The zero-order chi connectivity index (χ0) is 12.1. The van der Waals surface area contributed by atoms with E-state index in [-0.39, 0.29) is 0 Å². The lowest BCUT2D eigenvalue weighted by Crippen LogP contribution is -2.38. The highest BCUT2D eigenvalue weighted by Crippen LogP contribution is 2.51. The van der Waals surface area contributed by atoms with Crippen LogP contribution in [0, 0.1) is 17.3 Å². The molecule has 0 aromatic rings. The topological polar surface area (TPSA) is 0 Å². The maximum Gasteiger partial charge on any atom is -0.0246 e. The summed E-state index contributed by atoms with van der Waals surface area (Å²) in [6.45, 7) is 5.01. The van der Waals surface area contributed by atoms with Crippen molar-refractivity contribution in [3.63, 3.8) is 0 Å². The molecule has 0 saturated heterocycles. The lowest BCUT2D eigenvalue weighted by molar-refractivity contribution is 0.0248. The SMILES string of the molecule is CC(C)C1(C2CCCCCCC2)CCCCC1. The Balaban J connectivity index is 2.07. The van der Waals surface area contributed by atoms with Crippen LogP contribution in [0.5, 0.6) is 0 Å². The zero-order valence-corrected chi connectivity index (χ0v) is 12.1. The van der Waals surface area contributed by atoms with Crippen LogP contribution in [0.25, 0.3) is 0 Å². The first kappa shape index (κ1) is 13.4. The van der Waals surface area contributed by atoms with Gasteiger partial charge in [0.15, 0.2) is 0 Å². The summed E-state index contributed by atoms with van der Waals surface area (Å²) in [4.78, 5) is 0. The highest BCUT2D eigenvalue weighted by molar-refractivity contribution is 4.91.